The number of carboxylic acid groups (broad SMARTS) is 3. The Balaban J connectivity index is 0.000000433. The summed E-state index contributed by atoms with van der Waals surface area (Å²) in [6.45, 7) is 0. The number of carbonyl (C=O) groups is 3. The Labute approximate surface area is 121 Å². The smallest absolute Gasteiger partial charge is 0.328 e. The summed E-state index contributed by atoms with van der Waals surface area (Å²) in [5, 5.41) is 23.9. The van der Waals surface area contributed by atoms with E-state index in [-0.39, 0.29) is 0 Å². The minimum atomic E-state index is -1.26. The first-order valence-electron chi connectivity index (χ1n) is 5.68. The monoisotopic (exact) mass is 290 g/mol. The van der Waals surface area contributed by atoms with Gasteiger partial charge < -0.3 is 15.3 Å². The summed E-state index contributed by atoms with van der Waals surface area (Å²) in [4.78, 5) is 29.2. The summed E-state index contributed by atoms with van der Waals surface area (Å²) in [6.07, 6.45) is 7.25. The third-order valence-electron chi connectivity index (χ3n) is 1.81. The Kier molecular flexibility index (Phi) is 9.13. The van der Waals surface area contributed by atoms with Crippen LogP contribution in [0.1, 0.15) is 5.56 Å². The molecule has 0 saturated heterocycles. The zero-order valence-corrected chi connectivity index (χ0v) is 10.9. The van der Waals surface area contributed by atoms with E-state index in [1.165, 1.54) is 6.08 Å². The molecule has 3 N–H and O–H groups in total. The maximum Gasteiger partial charge on any atom is 0.328 e. The average Bonchev–Trinajstić information content (AvgIpc) is 2.43. The second kappa shape index (κ2) is 10.7. The molecule has 0 atom stereocenters. The first-order chi connectivity index (χ1) is 9.91. The SMILES string of the molecule is O=C(O)/C=C\C(=O)O.O=C(O)C=CC=Cc1ccccc1. The van der Waals surface area contributed by atoms with Gasteiger partial charge >= 0.3 is 17.9 Å². The minimum absolute atomic E-state index is 0.558. The second-order valence-electron chi connectivity index (χ2n) is 3.48. The number of aliphatic carboxylic acids is 3. The largest absolute Gasteiger partial charge is 0.478 e. The number of allylic oxidation sites excluding steroid dienone is 2. The highest BCUT2D eigenvalue weighted by Gasteiger charge is 1.88. The van der Waals surface area contributed by atoms with Crippen molar-refractivity contribution >= 4 is 24.0 Å². The molecule has 1 rings (SSSR count). The van der Waals surface area contributed by atoms with Gasteiger partial charge in [-0.25, -0.2) is 14.4 Å². The van der Waals surface area contributed by atoms with Crippen LogP contribution in [-0.4, -0.2) is 33.2 Å². The van der Waals surface area contributed by atoms with E-state index in [2.05, 4.69) is 0 Å². The van der Waals surface area contributed by atoms with Crippen molar-refractivity contribution in [3.63, 3.8) is 0 Å². The van der Waals surface area contributed by atoms with Gasteiger partial charge in [0.15, 0.2) is 0 Å². The summed E-state index contributed by atoms with van der Waals surface area (Å²) >= 11 is 0. The van der Waals surface area contributed by atoms with Crippen LogP contribution in [0.15, 0.2) is 60.7 Å². The number of rotatable bonds is 5. The van der Waals surface area contributed by atoms with E-state index < -0.39 is 17.9 Å². The standard InChI is InChI=1S/C11H10O2.C4H4O4/c12-11(13)9-5-4-8-10-6-2-1-3-7-10;5-3(6)1-2-4(7)8/h1-9H,(H,12,13);1-2H,(H,5,6)(H,7,8)/b;2-1-. The summed E-state index contributed by atoms with van der Waals surface area (Å²) in [6, 6.07) is 9.70. The van der Waals surface area contributed by atoms with Gasteiger partial charge in [0.1, 0.15) is 0 Å². The van der Waals surface area contributed by atoms with Gasteiger partial charge in [-0.1, -0.05) is 48.6 Å². The molecule has 1 aromatic carbocycles. The van der Waals surface area contributed by atoms with Gasteiger partial charge in [-0.05, 0) is 5.56 Å². The maximum absolute atomic E-state index is 10.1. The zero-order valence-electron chi connectivity index (χ0n) is 10.9. The summed E-state index contributed by atoms with van der Waals surface area (Å²) < 4.78 is 0. The molecule has 0 unspecified atom stereocenters. The molecule has 0 radical (unpaired) electrons. The van der Waals surface area contributed by atoms with Crippen molar-refractivity contribution < 1.29 is 29.7 Å². The Hall–Kier alpha value is -3.15. The predicted octanol–water partition coefficient (Wildman–Crippen LogP) is 2.05. The van der Waals surface area contributed by atoms with Crippen molar-refractivity contribution in [1.29, 1.82) is 0 Å². The third kappa shape index (κ3) is 13.1. The molecule has 0 bridgehead atoms. The first kappa shape index (κ1) is 17.8. The lowest BCUT2D eigenvalue weighted by molar-refractivity contribution is -0.134. The van der Waals surface area contributed by atoms with Crippen LogP contribution in [0.2, 0.25) is 0 Å². The quantitative estimate of drug-likeness (QED) is 0.565. The maximum atomic E-state index is 10.1. The molecule has 0 fully saturated rings. The van der Waals surface area contributed by atoms with Gasteiger partial charge in [0.2, 0.25) is 0 Å². The van der Waals surface area contributed by atoms with E-state index in [0.717, 1.165) is 11.6 Å². The summed E-state index contributed by atoms with van der Waals surface area (Å²) in [7, 11) is 0. The average molecular weight is 290 g/mol. The van der Waals surface area contributed by atoms with E-state index >= 15 is 0 Å². The van der Waals surface area contributed by atoms with Crippen LogP contribution < -0.4 is 0 Å². The predicted molar refractivity (Wildman–Crippen MR) is 76.7 cm³/mol. The number of carboxylic acids is 3. The van der Waals surface area contributed by atoms with Crippen molar-refractivity contribution in [2.75, 3.05) is 0 Å². The molecular formula is C15H14O6. The highest BCUT2D eigenvalue weighted by atomic mass is 16.4. The highest BCUT2D eigenvalue weighted by molar-refractivity contribution is 5.89. The van der Waals surface area contributed by atoms with Gasteiger partial charge in [0.05, 0.1) is 0 Å². The van der Waals surface area contributed by atoms with Crippen molar-refractivity contribution in [1.82, 2.24) is 0 Å². The van der Waals surface area contributed by atoms with Crippen LogP contribution in [0.25, 0.3) is 6.08 Å². The molecule has 110 valence electrons. The Bertz CT molecular complexity index is 539. The van der Waals surface area contributed by atoms with Crippen LogP contribution in [0.3, 0.4) is 0 Å². The van der Waals surface area contributed by atoms with E-state index in [0.29, 0.717) is 12.2 Å². The topological polar surface area (TPSA) is 112 Å². The van der Waals surface area contributed by atoms with Crippen molar-refractivity contribution in [3.8, 4) is 0 Å². The zero-order chi connectivity index (χ0) is 16.1. The first-order valence-corrected chi connectivity index (χ1v) is 5.68. The van der Waals surface area contributed by atoms with E-state index in [9.17, 15) is 14.4 Å². The molecule has 1 aromatic rings. The fourth-order valence-corrected chi connectivity index (χ4v) is 1.01. The van der Waals surface area contributed by atoms with E-state index in [4.69, 9.17) is 15.3 Å². The molecule has 0 aliphatic heterocycles. The van der Waals surface area contributed by atoms with Crippen LogP contribution in [0.4, 0.5) is 0 Å². The van der Waals surface area contributed by atoms with Gasteiger partial charge in [0.25, 0.3) is 0 Å². The molecule has 0 amide bonds. The molecular weight excluding hydrogens is 276 g/mol. The van der Waals surface area contributed by atoms with Crippen LogP contribution in [-0.2, 0) is 14.4 Å². The molecule has 0 aliphatic carbocycles. The fraction of sp³-hybridized carbons (Fsp3) is 0. The number of hydrogen-bond acceptors (Lipinski definition) is 3. The second-order valence-corrected chi connectivity index (χ2v) is 3.48. The normalized spacial score (nSPS) is 10.5. The van der Waals surface area contributed by atoms with Crippen molar-refractivity contribution in [2.24, 2.45) is 0 Å². The Morgan fingerprint density at radius 2 is 1.19 bits per heavy atom. The molecule has 6 nitrogen and oxygen atoms in total. The van der Waals surface area contributed by atoms with E-state index in [1.807, 2.05) is 36.4 Å². The van der Waals surface area contributed by atoms with Gasteiger partial charge in [-0.15, -0.1) is 0 Å². The lowest BCUT2D eigenvalue weighted by atomic mass is 10.2. The molecule has 0 aliphatic rings. The van der Waals surface area contributed by atoms with Crippen LogP contribution >= 0.6 is 0 Å². The summed E-state index contributed by atoms with van der Waals surface area (Å²) in [5.74, 6) is -3.45. The van der Waals surface area contributed by atoms with E-state index in [1.54, 1.807) is 6.08 Å². The fourth-order valence-electron chi connectivity index (χ4n) is 1.01. The Morgan fingerprint density at radius 1 is 0.714 bits per heavy atom. The molecule has 0 heterocycles. The molecule has 0 saturated carbocycles. The number of benzene rings is 1. The van der Waals surface area contributed by atoms with Crippen LogP contribution in [0.5, 0.6) is 0 Å². The minimum Gasteiger partial charge on any atom is -0.478 e. The Morgan fingerprint density at radius 3 is 1.62 bits per heavy atom. The van der Waals surface area contributed by atoms with Gasteiger partial charge in [0, 0.05) is 18.2 Å². The summed E-state index contributed by atoms with van der Waals surface area (Å²) in [5.41, 5.74) is 1.05. The number of hydrogen-bond donors (Lipinski definition) is 3. The third-order valence-corrected chi connectivity index (χ3v) is 1.81. The van der Waals surface area contributed by atoms with Crippen molar-refractivity contribution in [3.05, 3.63) is 66.3 Å². The molecule has 21 heavy (non-hydrogen) atoms. The van der Waals surface area contributed by atoms with Crippen molar-refractivity contribution in [2.45, 2.75) is 0 Å². The molecule has 0 aromatic heterocycles. The highest BCUT2D eigenvalue weighted by Crippen LogP contribution is 2.00. The lowest BCUT2D eigenvalue weighted by Crippen LogP contribution is -1.91. The molecule has 0 spiro atoms. The lowest BCUT2D eigenvalue weighted by Gasteiger charge is -1.87. The van der Waals surface area contributed by atoms with Crippen LogP contribution in [0, 0.1) is 0 Å². The molecule has 6 heteroatoms. The van der Waals surface area contributed by atoms with Gasteiger partial charge in [-0.2, -0.15) is 0 Å². The van der Waals surface area contributed by atoms with Gasteiger partial charge in [-0.3, -0.25) is 0 Å².